The van der Waals surface area contributed by atoms with Crippen LogP contribution in [0.5, 0.6) is 0 Å². The molecule has 0 aromatic heterocycles. The Morgan fingerprint density at radius 3 is 2.32 bits per heavy atom. The second-order valence-electron chi connectivity index (χ2n) is 11.2. The maximum Gasteiger partial charge on any atom is 0.251 e. The minimum atomic E-state index is -0.687. The van der Waals surface area contributed by atoms with Crippen molar-refractivity contribution in [2.45, 2.75) is 91.9 Å². The number of benzene rings is 1. The summed E-state index contributed by atoms with van der Waals surface area (Å²) in [5, 5.41) is 5.68. The third kappa shape index (κ3) is 8.27. The van der Waals surface area contributed by atoms with Crippen molar-refractivity contribution in [1.29, 1.82) is 0 Å². The van der Waals surface area contributed by atoms with Crippen molar-refractivity contribution in [1.82, 2.24) is 15.1 Å². The van der Waals surface area contributed by atoms with Gasteiger partial charge in [0, 0.05) is 24.4 Å². The minimum Gasteiger partial charge on any atom is -0.343 e. The zero-order valence-electron chi connectivity index (χ0n) is 24.0. The Balaban J connectivity index is 2.19. The summed E-state index contributed by atoms with van der Waals surface area (Å²) in [5.74, 6) is -1.36. The molecule has 38 heavy (non-hydrogen) atoms. The van der Waals surface area contributed by atoms with E-state index in [0.29, 0.717) is 11.3 Å². The molecule has 1 aliphatic heterocycles. The van der Waals surface area contributed by atoms with Crippen LogP contribution in [0.2, 0.25) is 5.02 Å². The van der Waals surface area contributed by atoms with Crippen molar-refractivity contribution in [3.05, 3.63) is 40.7 Å². The number of nitrogens with one attached hydrogen (secondary N) is 2. The third-order valence-electron chi connectivity index (χ3n) is 7.17. The monoisotopic (exact) mass is 550 g/mol. The molecule has 1 heterocycles. The van der Waals surface area contributed by atoms with Crippen molar-refractivity contribution in [3.8, 4) is 0 Å². The van der Waals surface area contributed by atoms with Gasteiger partial charge in [-0.3, -0.25) is 19.3 Å². The minimum absolute atomic E-state index is 0.00487. The Morgan fingerprint density at radius 2 is 1.76 bits per heavy atom. The first-order valence-electron chi connectivity index (χ1n) is 13.5. The fraction of sp³-hybridized carbons (Fsp3) is 0.621. The van der Waals surface area contributed by atoms with Crippen LogP contribution in [0, 0.1) is 17.7 Å². The molecule has 1 unspecified atom stereocenters. The fourth-order valence-corrected chi connectivity index (χ4v) is 5.05. The van der Waals surface area contributed by atoms with E-state index in [4.69, 9.17) is 11.6 Å². The summed E-state index contributed by atoms with van der Waals surface area (Å²) in [6.07, 6.45) is 4.60. The van der Waals surface area contributed by atoms with Crippen molar-refractivity contribution < 1.29 is 18.8 Å². The molecule has 1 aromatic rings. The number of likely N-dealkylation sites (tertiary alicyclic amines) is 1. The van der Waals surface area contributed by atoms with E-state index in [1.54, 1.807) is 24.9 Å². The van der Waals surface area contributed by atoms with E-state index >= 15 is 0 Å². The molecule has 0 saturated carbocycles. The van der Waals surface area contributed by atoms with Gasteiger partial charge >= 0.3 is 0 Å². The maximum absolute atomic E-state index is 13.7. The molecule has 7 nitrogen and oxygen atoms in total. The van der Waals surface area contributed by atoms with Gasteiger partial charge in [-0.05, 0) is 70.2 Å². The highest BCUT2D eigenvalue weighted by Gasteiger charge is 2.36. The Bertz CT molecular complexity index is 1030. The Morgan fingerprint density at radius 1 is 1.11 bits per heavy atom. The van der Waals surface area contributed by atoms with Crippen LogP contribution in [0.4, 0.5) is 10.1 Å². The molecule has 3 atom stereocenters. The van der Waals surface area contributed by atoms with Gasteiger partial charge in [0.05, 0.1) is 17.1 Å². The van der Waals surface area contributed by atoms with Gasteiger partial charge in [-0.15, -0.1) is 0 Å². The molecule has 2 N–H and O–H groups in total. The number of rotatable bonds is 10. The van der Waals surface area contributed by atoms with Gasteiger partial charge < -0.3 is 15.5 Å². The smallest absolute Gasteiger partial charge is 0.251 e. The quantitative estimate of drug-likeness (QED) is 0.390. The van der Waals surface area contributed by atoms with Crippen molar-refractivity contribution >= 4 is 35.0 Å². The maximum atomic E-state index is 13.7. The highest BCUT2D eigenvalue weighted by molar-refractivity contribution is 6.31. The molecule has 9 heteroatoms. The third-order valence-corrected chi connectivity index (χ3v) is 7.46. The normalized spacial score (nSPS) is 18.4. The molecular weight excluding hydrogens is 507 g/mol. The molecule has 1 aliphatic rings. The van der Waals surface area contributed by atoms with E-state index in [1.165, 1.54) is 18.2 Å². The molecule has 0 radical (unpaired) electrons. The van der Waals surface area contributed by atoms with E-state index in [9.17, 15) is 18.8 Å². The standard InChI is InChI=1S/C29H44ClFN4O3/c1-17(2)25(15-20(7)27(36)32-21-12-13-23(31)22(30)16-21)34(8)29(38)26(18(3)4)33-28(37)24-11-9-10-14-35(24)19(5)6/h12-13,15-19,24-26H,9-11,14H2,1-8H3,(H,32,36)(H,33,37)/b20-15+/t24-,25?,26+/m1/s1. The molecule has 0 bridgehead atoms. The molecule has 0 aliphatic carbocycles. The second kappa shape index (κ2) is 14.1. The molecule has 2 rings (SSSR count). The zero-order chi connectivity index (χ0) is 28.7. The van der Waals surface area contributed by atoms with E-state index in [0.717, 1.165) is 25.8 Å². The number of hydrogen-bond donors (Lipinski definition) is 2. The van der Waals surface area contributed by atoms with E-state index in [2.05, 4.69) is 29.4 Å². The number of amides is 3. The number of halogens is 2. The number of hydrogen-bond acceptors (Lipinski definition) is 4. The van der Waals surface area contributed by atoms with Gasteiger partial charge in [0.25, 0.3) is 5.91 Å². The number of piperidine rings is 1. The van der Waals surface area contributed by atoms with Gasteiger partial charge in [-0.25, -0.2) is 4.39 Å². The number of nitrogens with zero attached hydrogens (tertiary/aromatic N) is 2. The van der Waals surface area contributed by atoms with Gasteiger partial charge in [-0.1, -0.05) is 51.8 Å². The van der Waals surface area contributed by atoms with Gasteiger partial charge in [-0.2, -0.15) is 0 Å². The predicted octanol–water partition coefficient (Wildman–Crippen LogP) is 5.25. The SMILES string of the molecule is C/C(=C\C(C(C)C)N(C)C(=O)[C@@H](NC(=O)[C@H]1CCCCN1C(C)C)C(C)C)C(=O)Nc1ccc(F)c(Cl)c1. The molecule has 1 saturated heterocycles. The first-order valence-corrected chi connectivity index (χ1v) is 13.9. The molecule has 3 amide bonds. The number of carbonyl (C=O) groups is 3. The van der Waals surface area contributed by atoms with Crippen LogP contribution in [0.25, 0.3) is 0 Å². The Hall–Kier alpha value is -2.45. The van der Waals surface area contributed by atoms with Crippen LogP contribution < -0.4 is 10.6 Å². The Labute approximate surface area is 232 Å². The van der Waals surface area contributed by atoms with Crippen LogP contribution in [0.1, 0.15) is 67.7 Å². The lowest BCUT2D eigenvalue weighted by Crippen LogP contribution is -2.58. The van der Waals surface area contributed by atoms with E-state index < -0.39 is 11.9 Å². The summed E-state index contributed by atoms with van der Waals surface area (Å²) >= 11 is 5.83. The second-order valence-corrected chi connectivity index (χ2v) is 11.6. The lowest BCUT2D eigenvalue weighted by atomic mass is 9.95. The van der Waals surface area contributed by atoms with Crippen LogP contribution >= 0.6 is 11.6 Å². The van der Waals surface area contributed by atoms with E-state index in [-0.39, 0.29) is 52.7 Å². The first-order chi connectivity index (χ1) is 17.7. The summed E-state index contributed by atoms with van der Waals surface area (Å²) in [4.78, 5) is 43.7. The van der Waals surface area contributed by atoms with Gasteiger partial charge in [0.2, 0.25) is 11.8 Å². The lowest BCUT2D eigenvalue weighted by Gasteiger charge is -2.39. The first kappa shape index (κ1) is 31.8. The van der Waals surface area contributed by atoms with Crippen LogP contribution in [-0.2, 0) is 14.4 Å². The number of likely N-dealkylation sites (N-methyl/N-ethyl adjacent to an activating group) is 1. The number of carbonyl (C=O) groups excluding carboxylic acids is 3. The average Bonchev–Trinajstić information content (AvgIpc) is 2.86. The average molecular weight is 551 g/mol. The predicted molar refractivity (Wildman–Crippen MR) is 151 cm³/mol. The van der Waals surface area contributed by atoms with Crippen LogP contribution in [0.15, 0.2) is 29.8 Å². The van der Waals surface area contributed by atoms with E-state index in [1.807, 2.05) is 27.7 Å². The van der Waals surface area contributed by atoms with Crippen molar-refractivity contribution in [3.63, 3.8) is 0 Å². The van der Waals surface area contributed by atoms with Crippen molar-refractivity contribution in [2.24, 2.45) is 11.8 Å². The van der Waals surface area contributed by atoms with Gasteiger partial charge in [0.15, 0.2) is 0 Å². The largest absolute Gasteiger partial charge is 0.343 e. The zero-order valence-corrected chi connectivity index (χ0v) is 24.7. The molecule has 1 aromatic carbocycles. The summed E-state index contributed by atoms with van der Waals surface area (Å²) in [6, 6.07) is 2.91. The summed E-state index contributed by atoms with van der Waals surface area (Å²) < 4.78 is 13.5. The summed E-state index contributed by atoms with van der Waals surface area (Å²) in [5.41, 5.74) is 0.782. The van der Waals surface area contributed by atoms with Crippen molar-refractivity contribution in [2.75, 3.05) is 18.9 Å². The summed E-state index contributed by atoms with van der Waals surface area (Å²) in [7, 11) is 1.71. The van der Waals surface area contributed by atoms with Crippen LogP contribution in [0.3, 0.4) is 0 Å². The molecular formula is C29H44ClFN4O3. The molecule has 212 valence electrons. The highest BCUT2D eigenvalue weighted by atomic mass is 35.5. The highest BCUT2D eigenvalue weighted by Crippen LogP contribution is 2.23. The fourth-order valence-electron chi connectivity index (χ4n) is 4.87. The lowest BCUT2D eigenvalue weighted by molar-refractivity contribution is -0.140. The topological polar surface area (TPSA) is 81.8 Å². The molecule has 0 spiro atoms. The van der Waals surface area contributed by atoms with Crippen LogP contribution in [-0.4, -0.2) is 65.3 Å². The summed E-state index contributed by atoms with van der Waals surface area (Å²) in [6.45, 7) is 14.5. The number of anilines is 1. The van der Waals surface area contributed by atoms with Gasteiger partial charge in [0.1, 0.15) is 11.9 Å². The molecule has 1 fully saturated rings. The Kier molecular flexibility index (Phi) is 11.8.